The van der Waals surface area contributed by atoms with Crippen LogP contribution in [0.15, 0.2) is 24.3 Å². The lowest BCUT2D eigenvalue weighted by molar-refractivity contribution is -0.153. The number of halogens is 1. The number of carboxylic acids is 1. The summed E-state index contributed by atoms with van der Waals surface area (Å²) < 4.78 is 0. The Morgan fingerprint density at radius 1 is 1.32 bits per heavy atom. The molecular weight excluding hydrogens is 308 g/mol. The van der Waals surface area contributed by atoms with Crippen LogP contribution in [-0.2, 0) is 15.1 Å². The highest BCUT2D eigenvalue weighted by Crippen LogP contribution is 2.36. The molecule has 1 aromatic rings. The molecule has 7 heteroatoms. The zero-order valence-corrected chi connectivity index (χ0v) is 13.3. The Hall–Kier alpha value is -2.08. The molecule has 2 N–H and O–H groups in total. The molecule has 3 amide bonds. The molecule has 1 saturated heterocycles. The van der Waals surface area contributed by atoms with Crippen LogP contribution in [0.1, 0.15) is 32.8 Å². The molecule has 1 aromatic carbocycles. The maximum atomic E-state index is 12.9. The number of benzene rings is 1. The molecule has 6 nitrogen and oxygen atoms in total. The predicted molar refractivity (Wildman–Crippen MR) is 80.5 cm³/mol. The van der Waals surface area contributed by atoms with Crippen molar-refractivity contribution < 1.29 is 19.5 Å². The summed E-state index contributed by atoms with van der Waals surface area (Å²) in [5.41, 5.74) is -2.33. The monoisotopic (exact) mass is 324 g/mol. The normalized spacial score (nSPS) is 21.9. The summed E-state index contributed by atoms with van der Waals surface area (Å²) in [6.07, 6.45) is 0.297. The summed E-state index contributed by atoms with van der Waals surface area (Å²) in [6, 6.07) is 5.84. The van der Waals surface area contributed by atoms with Gasteiger partial charge in [0.1, 0.15) is 11.1 Å². The highest BCUT2D eigenvalue weighted by molar-refractivity contribution is 6.30. The van der Waals surface area contributed by atoms with E-state index in [1.807, 2.05) is 0 Å². The van der Waals surface area contributed by atoms with Gasteiger partial charge < -0.3 is 10.4 Å². The smallest absolute Gasteiger partial charge is 0.329 e. The molecule has 0 radical (unpaired) electrons. The standard InChI is InChI=1S/C15H17ClN2O4/c1-4-15(9-5-7-10(16)8-6-9)11(19)18(13(22)17-15)14(2,3)12(20)21/h5-8H,4H2,1-3H3,(H,17,22)(H,20,21). The third-order valence-electron chi connectivity index (χ3n) is 4.04. The maximum Gasteiger partial charge on any atom is 0.329 e. The van der Waals surface area contributed by atoms with Crippen molar-refractivity contribution in [3.05, 3.63) is 34.9 Å². The molecule has 118 valence electrons. The van der Waals surface area contributed by atoms with Crippen molar-refractivity contribution in [3.63, 3.8) is 0 Å². The van der Waals surface area contributed by atoms with Crippen molar-refractivity contribution in [2.45, 2.75) is 38.3 Å². The van der Waals surface area contributed by atoms with Crippen LogP contribution in [-0.4, -0.2) is 33.5 Å². The van der Waals surface area contributed by atoms with Gasteiger partial charge in [-0.2, -0.15) is 0 Å². The van der Waals surface area contributed by atoms with Crippen molar-refractivity contribution in [3.8, 4) is 0 Å². The first kappa shape index (κ1) is 16.3. The molecule has 0 aromatic heterocycles. The lowest BCUT2D eigenvalue weighted by Gasteiger charge is -2.31. The molecule has 1 heterocycles. The minimum Gasteiger partial charge on any atom is -0.480 e. The lowest BCUT2D eigenvalue weighted by atomic mass is 9.86. The van der Waals surface area contributed by atoms with Crippen molar-refractivity contribution >= 4 is 29.5 Å². The van der Waals surface area contributed by atoms with Gasteiger partial charge in [-0.1, -0.05) is 30.7 Å². The topological polar surface area (TPSA) is 86.7 Å². The van der Waals surface area contributed by atoms with Gasteiger partial charge in [0.25, 0.3) is 5.91 Å². The number of hydrogen-bond acceptors (Lipinski definition) is 3. The van der Waals surface area contributed by atoms with Crippen LogP contribution in [0.4, 0.5) is 4.79 Å². The van der Waals surface area contributed by atoms with E-state index in [0.717, 1.165) is 4.90 Å². The predicted octanol–water partition coefficient (Wildman–Crippen LogP) is 2.36. The second kappa shape index (κ2) is 5.28. The van der Waals surface area contributed by atoms with E-state index in [2.05, 4.69) is 5.32 Å². The van der Waals surface area contributed by atoms with Gasteiger partial charge in [-0.3, -0.25) is 4.79 Å². The number of nitrogens with one attached hydrogen (secondary N) is 1. The van der Waals surface area contributed by atoms with Gasteiger partial charge in [0, 0.05) is 5.02 Å². The number of carbonyl (C=O) groups excluding carboxylic acids is 2. The maximum absolute atomic E-state index is 12.9. The van der Waals surface area contributed by atoms with Gasteiger partial charge in [0.05, 0.1) is 0 Å². The first-order chi connectivity index (χ1) is 10.2. The van der Waals surface area contributed by atoms with Gasteiger partial charge in [-0.05, 0) is 38.0 Å². The highest BCUT2D eigenvalue weighted by atomic mass is 35.5. The Kier molecular flexibility index (Phi) is 3.91. The minimum absolute atomic E-state index is 0.297. The van der Waals surface area contributed by atoms with Gasteiger partial charge in [-0.15, -0.1) is 0 Å². The lowest BCUT2D eigenvalue weighted by Crippen LogP contribution is -2.54. The number of carbonyl (C=O) groups is 3. The van der Waals surface area contributed by atoms with E-state index in [-0.39, 0.29) is 0 Å². The average molecular weight is 325 g/mol. The van der Waals surface area contributed by atoms with E-state index < -0.39 is 29.0 Å². The van der Waals surface area contributed by atoms with E-state index >= 15 is 0 Å². The average Bonchev–Trinajstić information content (AvgIpc) is 2.71. The number of hydrogen-bond donors (Lipinski definition) is 2. The molecule has 0 spiro atoms. The molecular formula is C15H17ClN2O4. The Balaban J connectivity index is 2.52. The molecule has 0 aliphatic carbocycles. The molecule has 0 bridgehead atoms. The van der Waals surface area contributed by atoms with Gasteiger partial charge in [0.15, 0.2) is 0 Å². The number of nitrogens with zero attached hydrogens (tertiary/aromatic N) is 1. The Morgan fingerprint density at radius 3 is 2.32 bits per heavy atom. The van der Waals surface area contributed by atoms with E-state index in [1.54, 1.807) is 31.2 Å². The quantitative estimate of drug-likeness (QED) is 0.832. The van der Waals surface area contributed by atoms with Crippen LogP contribution < -0.4 is 5.32 Å². The number of amides is 3. The Bertz CT molecular complexity index is 641. The van der Waals surface area contributed by atoms with Gasteiger partial charge >= 0.3 is 12.0 Å². The Morgan fingerprint density at radius 2 is 1.86 bits per heavy atom. The fraction of sp³-hybridized carbons (Fsp3) is 0.400. The summed E-state index contributed by atoms with van der Waals surface area (Å²) in [5.74, 6) is -1.83. The zero-order chi connectivity index (χ0) is 16.7. The van der Waals surface area contributed by atoms with Crippen LogP contribution in [0.3, 0.4) is 0 Å². The van der Waals surface area contributed by atoms with Crippen LogP contribution in [0.2, 0.25) is 5.02 Å². The molecule has 1 atom stereocenters. The fourth-order valence-electron chi connectivity index (χ4n) is 2.55. The van der Waals surface area contributed by atoms with Gasteiger partial charge in [0.2, 0.25) is 0 Å². The van der Waals surface area contributed by atoms with Gasteiger partial charge in [-0.25, -0.2) is 14.5 Å². The molecule has 2 rings (SSSR count). The van der Waals surface area contributed by atoms with Crippen LogP contribution >= 0.6 is 11.6 Å². The number of imide groups is 1. The van der Waals surface area contributed by atoms with E-state index in [0.29, 0.717) is 17.0 Å². The van der Waals surface area contributed by atoms with Crippen molar-refractivity contribution in [2.75, 3.05) is 0 Å². The van der Waals surface area contributed by atoms with Crippen molar-refractivity contribution in [2.24, 2.45) is 0 Å². The molecule has 1 unspecified atom stereocenters. The molecule has 1 aliphatic heterocycles. The van der Waals surface area contributed by atoms with Crippen LogP contribution in [0, 0.1) is 0 Å². The number of rotatable bonds is 4. The largest absolute Gasteiger partial charge is 0.480 e. The van der Waals surface area contributed by atoms with E-state index in [1.165, 1.54) is 13.8 Å². The second-order valence-corrected chi connectivity index (χ2v) is 6.14. The summed E-state index contributed by atoms with van der Waals surface area (Å²) in [7, 11) is 0. The highest BCUT2D eigenvalue weighted by Gasteiger charge is 2.57. The molecule has 1 aliphatic rings. The molecule has 1 fully saturated rings. The summed E-state index contributed by atoms with van der Waals surface area (Å²) >= 11 is 5.85. The van der Waals surface area contributed by atoms with Crippen LogP contribution in [0.25, 0.3) is 0 Å². The van der Waals surface area contributed by atoms with Crippen molar-refractivity contribution in [1.29, 1.82) is 0 Å². The number of aliphatic carboxylic acids is 1. The summed E-state index contributed by atoms with van der Waals surface area (Å²) in [4.78, 5) is 37.3. The fourth-order valence-corrected chi connectivity index (χ4v) is 2.68. The third kappa shape index (κ3) is 2.23. The second-order valence-electron chi connectivity index (χ2n) is 5.70. The van der Waals surface area contributed by atoms with Crippen LogP contribution in [0.5, 0.6) is 0 Å². The van der Waals surface area contributed by atoms with Crippen molar-refractivity contribution in [1.82, 2.24) is 10.2 Å². The molecule has 0 saturated carbocycles. The third-order valence-corrected chi connectivity index (χ3v) is 4.29. The summed E-state index contributed by atoms with van der Waals surface area (Å²) in [6.45, 7) is 4.39. The number of carboxylic acid groups (broad SMARTS) is 1. The SMILES string of the molecule is CCC1(c2ccc(Cl)cc2)NC(=O)N(C(C)(C)C(=O)O)C1=O. The first-order valence-electron chi connectivity index (χ1n) is 6.83. The van der Waals surface area contributed by atoms with E-state index in [4.69, 9.17) is 11.6 Å². The summed E-state index contributed by atoms with van der Waals surface area (Å²) in [5, 5.41) is 12.4. The minimum atomic E-state index is -1.63. The van der Waals surface area contributed by atoms with E-state index in [9.17, 15) is 19.5 Å². The zero-order valence-electron chi connectivity index (χ0n) is 12.5. The first-order valence-corrected chi connectivity index (χ1v) is 7.21. The Labute approximate surface area is 133 Å². The number of urea groups is 1. The molecule has 22 heavy (non-hydrogen) atoms.